The van der Waals surface area contributed by atoms with Crippen molar-refractivity contribution in [2.75, 3.05) is 20.3 Å². The molecule has 0 amide bonds. The Morgan fingerprint density at radius 3 is 2.56 bits per heavy atom. The Kier molecular flexibility index (Phi) is 8.40. The van der Waals surface area contributed by atoms with Gasteiger partial charge in [0.2, 0.25) is 0 Å². The maximum Gasteiger partial charge on any atom is 0.338 e. The molecule has 0 spiro atoms. The lowest BCUT2D eigenvalue weighted by atomic mass is 9.94. The molecular weight excluding hydrogens is 593 g/mol. The van der Waals surface area contributed by atoms with Gasteiger partial charge in [-0.3, -0.25) is 9.36 Å². The number of ether oxygens (including phenoxy) is 3. The van der Waals surface area contributed by atoms with E-state index in [-0.39, 0.29) is 23.6 Å². The number of thiazole rings is 1. The maximum atomic E-state index is 14.3. The Morgan fingerprint density at radius 1 is 1.04 bits per heavy atom. The van der Waals surface area contributed by atoms with Crippen LogP contribution in [0.15, 0.2) is 94.0 Å². The molecule has 0 fully saturated rings. The summed E-state index contributed by atoms with van der Waals surface area (Å²) in [5.41, 5.74) is 3.82. The summed E-state index contributed by atoms with van der Waals surface area (Å²) in [5.74, 6) is 0.104. The van der Waals surface area contributed by atoms with Crippen LogP contribution < -0.4 is 24.4 Å². The normalized spacial score (nSPS) is 14.8. The van der Waals surface area contributed by atoms with Crippen molar-refractivity contribution in [3.63, 3.8) is 0 Å². The van der Waals surface area contributed by atoms with E-state index in [0.29, 0.717) is 45.2 Å². The highest BCUT2D eigenvalue weighted by Gasteiger charge is 2.36. The monoisotopic (exact) mass is 625 g/mol. The molecule has 2 aromatic heterocycles. The van der Waals surface area contributed by atoms with Crippen LogP contribution >= 0.6 is 11.3 Å². The molecule has 45 heavy (non-hydrogen) atoms. The fourth-order valence-electron chi connectivity index (χ4n) is 5.74. The highest BCUT2D eigenvalue weighted by atomic mass is 32.1. The minimum absolute atomic E-state index is 0.172. The van der Waals surface area contributed by atoms with Crippen LogP contribution in [-0.4, -0.2) is 35.4 Å². The number of hydrogen-bond donors (Lipinski definition) is 0. The average molecular weight is 626 g/mol. The first-order chi connectivity index (χ1) is 21.8. The zero-order valence-electron chi connectivity index (χ0n) is 25.4. The maximum absolute atomic E-state index is 14.3. The van der Waals surface area contributed by atoms with Gasteiger partial charge in [0.25, 0.3) is 5.56 Å². The summed E-state index contributed by atoms with van der Waals surface area (Å²) in [7, 11) is 1.55. The van der Waals surface area contributed by atoms with Gasteiger partial charge >= 0.3 is 5.97 Å². The lowest BCUT2D eigenvalue weighted by Gasteiger charge is -2.26. The van der Waals surface area contributed by atoms with Gasteiger partial charge in [0.15, 0.2) is 16.3 Å². The highest BCUT2D eigenvalue weighted by Crippen LogP contribution is 2.40. The van der Waals surface area contributed by atoms with Gasteiger partial charge in [-0.25, -0.2) is 14.2 Å². The van der Waals surface area contributed by atoms with E-state index in [1.165, 1.54) is 23.5 Å². The molecule has 0 radical (unpaired) electrons. The molecule has 0 saturated carbocycles. The number of esters is 1. The first kappa shape index (κ1) is 30.1. The Balaban J connectivity index is 1.54. The summed E-state index contributed by atoms with van der Waals surface area (Å²) in [6, 6.07) is 18.9. The van der Waals surface area contributed by atoms with Gasteiger partial charge in [0.05, 0.1) is 36.1 Å². The molecule has 10 heteroatoms. The SMILES string of the molecule is CCOC(=O)C1=C(C)N=c2s/c(=C/c3cn(Cc4ccc(F)cc4)c4ccccc34)c(=O)n2[C@@H]1c1cccc(OC)c1OCC. The van der Waals surface area contributed by atoms with Crippen LogP contribution in [0.1, 0.15) is 43.5 Å². The van der Waals surface area contributed by atoms with E-state index >= 15 is 0 Å². The molecule has 5 aromatic rings. The highest BCUT2D eigenvalue weighted by molar-refractivity contribution is 7.07. The van der Waals surface area contributed by atoms with Crippen molar-refractivity contribution in [2.45, 2.75) is 33.4 Å². The summed E-state index contributed by atoms with van der Waals surface area (Å²) in [6.07, 6.45) is 3.86. The zero-order chi connectivity index (χ0) is 31.7. The van der Waals surface area contributed by atoms with Crippen LogP contribution in [0.5, 0.6) is 11.5 Å². The van der Waals surface area contributed by atoms with Gasteiger partial charge in [0, 0.05) is 34.8 Å². The standard InChI is InChI=1S/C35H32FN3O5S/c1-5-43-32-26(11-9-13-28(32)42-4)31-30(34(41)44-6-2)21(3)37-35-39(31)33(40)29(45-35)18-23-20-38(27-12-8-7-10-25(23)27)19-22-14-16-24(36)17-15-22/h7-18,20,31H,5-6,19H2,1-4H3/b29-18+/t31-/m1/s1. The van der Waals surface area contributed by atoms with E-state index in [0.717, 1.165) is 22.0 Å². The van der Waals surface area contributed by atoms with Crippen molar-refractivity contribution in [1.29, 1.82) is 0 Å². The predicted molar refractivity (Wildman–Crippen MR) is 172 cm³/mol. The number of rotatable bonds is 9. The van der Waals surface area contributed by atoms with E-state index in [1.54, 1.807) is 49.8 Å². The van der Waals surface area contributed by atoms with Gasteiger partial charge in [-0.2, -0.15) is 0 Å². The molecule has 0 saturated heterocycles. The summed E-state index contributed by atoms with van der Waals surface area (Å²) in [5, 5.41) is 0.969. The molecule has 1 aliphatic rings. The molecule has 8 nitrogen and oxygen atoms in total. The molecule has 0 aliphatic carbocycles. The Labute approximate surface area is 262 Å². The quantitative estimate of drug-likeness (QED) is 0.206. The summed E-state index contributed by atoms with van der Waals surface area (Å²) in [4.78, 5) is 32.9. The summed E-state index contributed by atoms with van der Waals surface area (Å²) >= 11 is 1.26. The number of carbonyl (C=O) groups is 1. The van der Waals surface area contributed by atoms with E-state index in [1.807, 2.05) is 49.5 Å². The van der Waals surface area contributed by atoms with E-state index in [2.05, 4.69) is 4.57 Å². The topological polar surface area (TPSA) is 84.1 Å². The molecule has 3 heterocycles. The molecule has 6 rings (SSSR count). The van der Waals surface area contributed by atoms with Crippen LogP contribution in [0.4, 0.5) is 4.39 Å². The number of methoxy groups -OCH3 is 1. The number of halogens is 1. The molecule has 0 N–H and O–H groups in total. The van der Waals surface area contributed by atoms with Crippen LogP contribution in [0.3, 0.4) is 0 Å². The lowest BCUT2D eigenvalue weighted by Crippen LogP contribution is -2.40. The molecular formula is C35H32FN3O5S. The number of para-hydroxylation sites is 2. The molecule has 230 valence electrons. The number of benzene rings is 3. The molecule has 1 atom stereocenters. The molecule has 3 aromatic carbocycles. The minimum Gasteiger partial charge on any atom is -0.493 e. The van der Waals surface area contributed by atoms with E-state index in [4.69, 9.17) is 19.2 Å². The molecule has 1 aliphatic heterocycles. The van der Waals surface area contributed by atoms with Crippen molar-refractivity contribution in [3.8, 4) is 11.5 Å². The summed E-state index contributed by atoms with van der Waals surface area (Å²) < 4.78 is 34.7. The smallest absolute Gasteiger partial charge is 0.338 e. The lowest BCUT2D eigenvalue weighted by molar-refractivity contribution is -0.139. The largest absolute Gasteiger partial charge is 0.493 e. The number of aromatic nitrogens is 2. The Hall–Kier alpha value is -4.96. The third-order valence-electron chi connectivity index (χ3n) is 7.70. The number of hydrogen-bond acceptors (Lipinski definition) is 7. The van der Waals surface area contributed by atoms with E-state index in [9.17, 15) is 14.0 Å². The average Bonchev–Trinajstić information content (AvgIpc) is 3.54. The minimum atomic E-state index is -0.848. The fourth-order valence-corrected chi connectivity index (χ4v) is 6.78. The van der Waals surface area contributed by atoms with Gasteiger partial charge in [-0.15, -0.1) is 0 Å². The Morgan fingerprint density at radius 2 is 1.82 bits per heavy atom. The number of nitrogens with zero attached hydrogens (tertiary/aromatic N) is 3. The number of fused-ring (bicyclic) bond motifs is 2. The van der Waals surface area contributed by atoms with Crippen molar-refractivity contribution < 1.29 is 23.4 Å². The summed E-state index contributed by atoms with van der Waals surface area (Å²) in [6.45, 7) is 6.41. The second-order valence-corrected chi connectivity index (χ2v) is 11.5. The van der Waals surface area contributed by atoms with Gasteiger partial charge in [-0.05, 0) is 56.7 Å². The van der Waals surface area contributed by atoms with Crippen LogP contribution in [-0.2, 0) is 16.1 Å². The van der Waals surface area contributed by atoms with E-state index < -0.39 is 12.0 Å². The third-order valence-corrected chi connectivity index (χ3v) is 8.68. The van der Waals surface area contributed by atoms with Gasteiger partial charge < -0.3 is 18.8 Å². The van der Waals surface area contributed by atoms with Crippen molar-refractivity contribution >= 4 is 34.3 Å². The number of carbonyl (C=O) groups excluding carboxylic acids is 1. The van der Waals surface area contributed by atoms with Crippen molar-refractivity contribution in [2.24, 2.45) is 4.99 Å². The second-order valence-electron chi connectivity index (χ2n) is 10.5. The third kappa shape index (κ3) is 5.57. The first-order valence-corrected chi connectivity index (χ1v) is 15.5. The predicted octanol–water partition coefficient (Wildman–Crippen LogP) is 5.35. The van der Waals surface area contributed by atoms with Gasteiger partial charge in [-0.1, -0.05) is 53.8 Å². The van der Waals surface area contributed by atoms with Crippen LogP contribution in [0, 0.1) is 5.82 Å². The van der Waals surface area contributed by atoms with Crippen LogP contribution in [0.25, 0.3) is 17.0 Å². The van der Waals surface area contributed by atoms with Crippen molar-refractivity contribution in [3.05, 3.63) is 126 Å². The first-order valence-electron chi connectivity index (χ1n) is 14.7. The van der Waals surface area contributed by atoms with Gasteiger partial charge in [0.1, 0.15) is 11.9 Å². The fraction of sp³-hybridized carbons (Fsp3) is 0.229. The number of allylic oxidation sites excluding steroid dienone is 1. The molecule has 0 bridgehead atoms. The zero-order valence-corrected chi connectivity index (χ0v) is 26.2. The van der Waals surface area contributed by atoms with Crippen molar-refractivity contribution in [1.82, 2.24) is 9.13 Å². The Bertz CT molecular complexity index is 2130. The molecule has 0 unspecified atom stereocenters. The second kappa shape index (κ2) is 12.6. The van der Waals surface area contributed by atoms with Crippen LogP contribution in [0.2, 0.25) is 0 Å².